The zero-order valence-corrected chi connectivity index (χ0v) is 11.9. The number of carboxylic acids is 1. The summed E-state index contributed by atoms with van der Waals surface area (Å²) in [6, 6.07) is 5.26. The molecule has 0 aliphatic carbocycles. The van der Waals surface area contributed by atoms with Crippen molar-refractivity contribution in [2.24, 2.45) is 5.41 Å². The summed E-state index contributed by atoms with van der Waals surface area (Å²) in [7, 11) is 0. The highest BCUT2D eigenvalue weighted by atomic mass is 16.4. The van der Waals surface area contributed by atoms with Gasteiger partial charge in [0.15, 0.2) is 0 Å². The minimum absolute atomic E-state index is 0.0147. The van der Waals surface area contributed by atoms with E-state index in [4.69, 9.17) is 5.11 Å². The fraction of sp³-hybridized carbons (Fsp3) is 0.533. The number of aromatic carboxylic acids is 1. The molecule has 0 aromatic heterocycles. The van der Waals surface area contributed by atoms with E-state index in [1.807, 2.05) is 13.0 Å². The number of hydrogen-bond donors (Lipinski definition) is 3. The normalized spacial score (nSPS) is 11.4. The van der Waals surface area contributed by atoms with Gasteiger partial charge in [0.05, 0.1) is 11.3 Å². The van der Waals surface area contributed by atoms with Gasteiger partial charge in [0, 0.05) is 13.2 Å². The van der Waals surface area contributed by atoms with Crippen molar-refractivity contribution in [3.63, 3.8) is 0 Å². The number of aliphatic hydroxyl groups is 1. The van der Waals surface area contributed by atoms with Crippen LogP contribution in [0.3, 0.4) is 0 Å². The van der Waals surface area contributed by atoms with Crippen molar-refractivity contribution < 1.29 is 15.0 Å². The number of para-hydroxylation sites is 1. The van der Waals surface area contributed by atoms with E-state index in [0.29, 0.717) is 17.8 Å². The van der Waals surface area contributed by atoms with Gasteiger partial charge in [0.25, 0.3) is 0 Å². The Balaban J connectivity index is 2.80. The monoisotopic (exact) mass is 265 g/mol. The predicted molar refractivity (Wildman–Crippen MR) is 76.7 cm³/mol. The van der Waals surface area contributed by atoms with E-state index in [2.05, 4.69) is 19.2 Å². The maximum atomic E-state index is 11.2. The molecule has 0 radical (unpaired) electrons. The fourth-order valence-electron chi connectivity index (χ4n) is 2.05. The third-order valence-corrected chi connectivity index (χ3v) is 3.26. The first-order chi connectivity index (χ1) is 8.87. The van der Waals surface area contributed by atoms with Gasteiger partial charge in [-0.3, -0.25) is 0 Å². The smallest absolute Gasteiger partial charge is 0.337 e. The van der Waals surface area contributed by atoms with E-state index in [0.717, 1.165) is 18.4 Å². The summed E-state index contributed by atoms with van der Waals surface area (Å²) in [6.45, 7) is 6.98. The molecule has 4 heteroatoms. The average Bonchev–Trinajstić information content (AvgIpc) is 2.34. The van der Waals surface area contributed by atoms with Gasteiger partial charge in [-0.1, -0.05) is 26.0 Å². The minimum Gasteiger partial charge on any atom is -0.478 e. The molecule has 0 atom stereocenters. The average molecular weight is 265 g/mol. The van der Waals surface area contributed by atoms with Crippen LogP contribution >= 0.6 is 0 Å². The van der Waals surface area contributed by atoms with Crippen LogP contribution in [0.1, 0.15) is 42.6 Å². The largest absolute Gasteiger partial charge is 0.478 e. The summed E-state index contributed by atoms with van der Waals surface area (Å²) < 4.78 is 0. The SMILES string of the molecule is Cc1cccc(C(=O)O)c1NCC(C)(C)CCCO. The maximum Gasteiger partial charge on any atom is 0.337 e. The molecule has 0 unspecified atom stereocenters. The zero-order valence-electron chi connectivity index (χ0n) is 11.9. The molecule has 19 heavy (non-hydrogen) atoms. The molecule has 4 nitrogen and oxygen atoms in total. The van der Waals surface area contributed by atoms with Gasteiger partial charge in [-0.15, -0.1) is 0 Å². The second kappa shape index (κ2) is 6.57. The van der Waals surface area contributed by atoms with Crippen LogP contribution in [0.4, 0.5) is 5.69 Å². The first-order valence-electron chi connectivity index (χ1n) is 6.55. The molecular formula is C15H23NO3. The van der Waals surface area contributed by atoms with E-state index in [9.17, 15) is 9.90 Å². The number of rotatable bonds is 7. The first kappa shape index (κ1) is 15.5. The number of aliphatic hydroxyl groups excluding tert-OH is 1. The number of nitrogens with one attached hydrogen (secondary N) is 1. The molecule has 0 saturated carbocycles. The lowest BCUT2D eigenvalue weighted by atomic mass is 9.87. The molecule has 0 fully saturated rings. The van der Waals surface area contributed by atoms with E-state index < -0.39 is 5.97 Å². The van der Waals surface area contributed by atoms with E-state index in [1.54, 1.807) is 12.1 Å². The van der Waals surface area contributed by atoms with Crippen molar-refractivity contribution in [3.05, 3.63) is 29.3 Å². The number of anilines is 1. The standard InChI is InChI=1S/C15H23NO3/c1-11-6-4-7-12(14(18)19)13(11)16-10-15(2,3)8-5-9-17/h4,6-7,16-17H,5,8-10H2,1-3H3,(H,18,19). The van der Waals surface area contributed by atoms with Crippen molar-refractivity contribution >= 4 is 11.7 Å². The van der Waals surface area contributed by atoms with Gasteiger partial charge in [-0.05, 0) is 36.8 Å². The molecule has 0 heterocycles. The van der Waals surface area contributed by atoms with Crippen molar-refractivity contribution in [2.75, 3.05) is 18.5 Å². The van der Waals surface area contributed by atoms with Crippen molar-refractivity contribution in [3.8, 4) is 0 Å². The van der Waals surface area contributed by atoms with Crippen LogP contribution in [-0.2, 0) is 0 Å². The Hall–Kier alpha value is -1.55. The predicted octanol–water partition coefficient (Wildman–Crippen LogP) is 2.90. The van der Waals surface area contributed by atoms with Gasteiger partial charge in [0.2, 0.25) is 0 Å². The lowest BCUT2D eigenvalue weighted by Gasteiger charge is -2.26. The molecule has 0 bridgehead atoms. The van der Waals surface area contributed by atoms with Crippen LogP contribution in [0.15, 0.2) is 18.2 Å². The summed E-state index contributed by atoms with van der Waals surface area (Å²) in [5.41, 5.74) is 1.93. The second-order valence-electron chi connectivity index (χ2n) is 5.65. The summed E-state index contributed by atoms with van der Waals surface area (Å²) in [5.74, 6) is -0.917. The van der Waals surface area contributed by atoms with E-state index in [1.165, 1.54) is 0 Å². The molecule has 106 valence electrons. The molecular weight excluding hydrogens is 242 g/mol. The number of carbonyl (C=O) groups is 1. The van der Waals surface area contributed by atoms with Crippen LogP contribution in [0.25, 0.3) is 0 Å². The lowest BCUT2D eigenvalue weighted by molar-refractivity contribution is 0.0697. The molecule has 0 aliphatic rings. The molecule has 1 aromatic carbocycles. The fourth-order valence-corrected chi connectivity index (χ4v) is 2.05. The molecule has 1 rings (SSSR count). The molecule has 0 spiro atoms. The number of aryl methyl sites for hydroxylation is 1. The minimum atomic E-state index is -0.917. The van der Waals surface area contributed by atoms with Gasteiger partial charge in [0.1, 0.15) is 0 Å². The Morgan fingerprint density at radius 1 is 1.37 bits per heavy atom. The zero-order chi connectivity index (χ0) is 14.5. The van der Waals surface area contributed by atoms with E-state index >= 15 is 0 Å². The van der Waals surface area contributed by atoms with Gasteiger partial charge < -0.3 is 15.5 Å². The lowest BCUT2D eigenvalue weighted by Crippen LogP contribution is -2.24. The molecule has 0 aliphatic heterocycles. The topological polar surface area (TPSA) is 69.6 Å². The Labute approximate surface area is 114 Å². The number of benzene rings is 1. The molecule has 3 N–H and O–H groups in total. The third-order valence-electron chi connectivity index (χ3n) is 3.26. The van der Waals surface area contributed by atoms with Crippen LogP contribution in [0, 0.1) is 12.3 Å². The molecule has 0 amide bonds. The van der Waals surface area contributed by atoms with Crippen LogP contribution in [0.5, 0.6) is 0 Å². The van der Waals surface area contributed by atoms with E-state index in [-0.39, 0.29) is 12.0 Å². The van der Waals surface area contributed by atoms with Crippen LogP contribution in [-0.4, -0.2) is 29.3 Å². The Bertz CT molecular complexity index is 441. The quantitative estimate of drug-likeness (QED) is 0.709. The van der Waals surface area contributed by atoms with Gasteiger partial charge in [-0.25, -0.2) is 4.79 Å². The highest BCUT2D eigenvalue weighted by Crippen LogP contribution is 2.26. The van der Waals surface area contributed by atoms with Crippen molar-refractivity contribution in [1.82, 2.24) is 0 Å². The summed E-state index contributed by atoms with van der Waals surface area (Å²) in [5, 5.41) is 21.3. The van der Waals surface area contributed by atoms with Crippen molar-refractivity contribution in [2.45, 2.75) is 33.6 Å². The second-order valence-corrected chi connectivity index (χ2v) is 5.65. The summed E-state index contributed by atoms with van der Waals surface area (Å²) in [6.07, 6.45) is 1.65. The van der Waals surface area contributed by atoms with Crippen LogP contribution in [0.2, 0.25) is 0 Å². The van der Waals surface area contributed by atoms with Crippen molar-refractivity contribution in [1.29, 1.82) is 0 Å². The molecule has 1 aromatic rings. The number of hydrogen-bond acceptors (Lipinski definition) is 3. The Morgan fingerprint density at radius 2 is 2.05 bits per heavy atom. The first-order valence-corrected chi connectivity index (χ1v) is 6.55. The highest BCUT2D eigenvalue weighted by molar-refractivity contribution is 5.95. The summed E-state index contributed by atoms with van der Waals surface area (Å²) >= 11 is 0. The highest BCUT2D eigenvalue weighted by Gasteiger charge is 2.19. The Morgan fingerprint density at radius 3 is 2.63 bits per heavy atom. The summed E-state index contributed by atoms with van der Waals surface area (Å²) in [4.78, 5) is 11.2. The third kappa shape index (κ3) is 4.56. The van der Waals surface area contributed by atoms with Gasteiger partial charge >= 0.3 is 5.97 Å². The van der Waals surface area contributed by atoms with Gasteiger partial charge in [-0.2, -0.15) is 0 Å². The Kier molecular flexibility index (Phi) is 5.36. The number of carboxylic acid groups (broad SMARTS) is 1. The maximum absolute atomic E-state index is 11.2. The molecule has 0 saturated heterocycles. The van der Waals surface area contributed by atoms with Crippen LogP contribution < -0.4 is 5.32 Å².